The average molecular weight is 268 g/mol. The summed E-state index contributed by atoms with van der Waals surface area (Å²) in [5.74, 6) is 0.501. The van der Waals surface area contributed by atoms with E-state index in [4.69, 9.17) is 0 Å². The first kappa shape index (κ1) is 16.0. The lowest BCUT2D eigenvalue weighted by atomic mass is 10.0. The lowest BCUT2D eigenvalue weighted by molar-refractivity contribution is -0.144. The molecule has 1 saturated heterocycles. The molecule has 1 atom stereocenters. The molecule has 4 heteroatoms. The van der Waals surface area contributed by atoms with Gasteiger partial charge in [-0.25, -0.2) is 0 Å². The van der Waals surface area contributed by atoms with Gasteiger partial charge in [-0.05, 0) is 18.8 Å². The van der Waals surface area contributed by atoms with Crippen LogP contribution in [0.25, 0.3) is 0 Å². The van der Waals surface area contributed by atoms with Crippen LogP contribution in [0.15, 0.2) is 0 Å². The Bertz CT molecular complexity index is 303. The highest BCUT2D eigenvalue weighted by atomic mass is 16.2. The van der Waals surface area contributed by atoms with E-state index in [1.165, 1.54) is 19.3 Å². The lowest BCUT2D eigenvalue weighted by Gasteiger charge is -2.33. The molecule has 1 aliphatic heterocycles. The zero-order valence-electron chi connectivity index (χ0n) is 12.6. The van der Waals surface area contributed by atoms with Gasteiger partial charge in [0, 0.05) is 6.54 Å². The van der Waals surface area contributed by atoms with Crippen molar-refractivity contribution >= 4 is 11.8 Å². The molecule has 19 heavy (non-hydrogen) atoms. The van der Waals surface area contributed by atoms with Crippen molar-refractivity contribution in [2.45, 2.75) is 65.3 Å². The molecule has 0 radical (unpaired) electrons. The Hall–Kier alpha value is -1.06. The smallest absolute Gasteiger partial charge is 0.245 e. The van der Waals surface area contributed by atoms with Crippen molar-refractivity contribution in [1.82, 2.24) is 10.2 Å². The largest absolute Gasteiger partial charge is 0.343 e. The highest BCUT2D eigenvalue weighted by molar-refractivity contribution is 5.94. The number of hydrogen-bond acceptors (Lipinski definition) is 2. The van der Waals surface area contributed by atoms with E-state index in [1.54, 1.807) is 4.90 Å². The van der Waals surface area contributed by atoms with Crippen molar-refractivity contribution in [2.24, 2.45) is 5.92 Å². The summed E-state index contributed by atoms with van der Waals surface area (Å²) in [5, 5.41) is 2.81. The van der Waals surface area contributed by atoms with Crippen molar-refractivity contribution in [1.29, 1.82) is 0 Å². The molecule has 0 aromatic carbocycles. The maximum atomic E-state index is 12.2. The van der Waals surface area contributed by atoms with Gasteiger partial charge in [0.15, 0.2) is 0 Å². The standard InChI is InChI=1S/C15H28N2O2/c1-4-5-6-7-8-9-17-11-14(18)16-13(15(17)19)10-12(2)3/h12-13H,4-11H2,1-3H3,(H,16,18). The molecule has 1 unspecified atom stereocenters. The van der Waals surface area contributed by atoms with Crippen LogP contribution >= 0.6 is 0 Å². The molecule has 1 rings (SSSR count). The number of nitrogens with zero attached hydrogens (tertiary/aromatic N) is 1. The first-order valence-electron chi connectivity index (χ1n) is 7.62. The van der Waals surface area contributed by atoms with Crippen molar-refractivity contribution in [3.05, 3.63) is 0 Å². The normalized spacial score (nSPS) is 20.0. The molecule has 0 saturated carbocycles. The molecule has 110 valence electrons. The van der Waals surface area contributed by atoms with Crippen LogP contribution in [-0.2, 0) is 9.59 Å². The number of carbonyl (C=O) groups is 2. The van der Waals surface area contributed by atoms with Crippen molar-refractivity contribution in [3.63, 3.8) is 0 Å². The summed E-state index contributed by atoms with van der Waals surface area (Å²) in [6, 6.07) is -0.308. The van der Waals surface area contributed by atoms with Gasteiger partial charge in [0.25, 0.3) is 0 Å². The number of nitrogens with one attached hydrogen (secondary N) is 1. The molecular weight excluding hydrogens is 240 g/mol. The molecule has 1 N–H and O–H groups in total. The summed E-state index contributed by atoms with van der Waals surface area (Å²) in [4.78, 5) is 25.6. The first-order valence-corrected chi connectivity index (χ1v) is 7.62. The average Bonchev–Trinajstić information content (AvgIpc) is 2.33. The second-order valence-electron chi connectivity index (χ2n) is 5.92. The van der Waals surface area contributed by atoms with Crippen LogP contribution in [0.4, 0.5) is 0 Å². The Morgan fingerprint density at radius 1 is 1.21 bits per heavy atom. The third kappa shape index (κ3) is 5.62. The molecule has 0 aromatic heterocycles. The van der Waals surface area contributed by atoms with Gasteiger partial charge in [0.1, 0.15) is 6.04 Å². The highest BCUT2D eigenvalue weighted by Crippen LogP contribution is 2.13. The fraction of sp³-hybridized carbons (Fsp3) is 0.867. The summed E-state index contributed by atoms with van der Waals surface area (Å²) >= 11 is 0. The maximum absolute atomic E-state index is 12.2. The summed E-state index contributed by atoms with van der Waals surface area (Å²) in [6.45, 7) is 7.30. The number of carbonyl (C=O) groups excluding carboxylic acids is 2. The minimum atomic E-state index is -0.308. The van der Waals surface area contributed by atoms with E-state index in [0.29, 0.717) is 5.92 Å². The van der Waals surface area contributed by atoms with Crippen LogP contribution in [0.2, 0.25) is 0 Å². The van der Waals surface area contributed by atoms with Crippen LogP contribution in [0, 0.1) is 5.92 Å². The predicted octanol–water partition coefficient (Wildman–Crippen LogP) is 2.33. The van der Waals surface area contributed by atoms with E-state index in [1.807, 2.05) is 0 Å². The molecule has 4 nitrogen and oxygen atoms in total. The summed E-state index contributed by atoms with van der Waals surface area (Å²) < 4.78 is 0. The number of hydrogen-bond donors (Lipinski definition) is 1. The molecule has 0 aromatic rings. The quantitative estimate of drug-likeness (QED) is 0.687. The van der Waals surface area contributed by atoms with E-state index < -0.39 is 0 Å². The SMILES string of the molecule is CCCCCCCN1CC(=O)NC(CC(C)C)C1=O. The van der Waals surface area contributed by atoms with Crippen molar-refractivity contribution in [3.8, 4) is 0 Å². The molecule has 0 aliphatic carbocycles. The Balaban J connectivity index is 2.39. The third-order valence-corrected chi connectivity index (χ3v) is 3.52. The zero-order chi connectivity index (χ0) is 14.3. The molecular formula is C15H28N2O2. The fourth-order valence-corrected chi connectivity index (χ4v) is 2.50. The van der Waals surface area contributed by atoms with Crippen LogP contribution in [0.5, 0.6) is 0 Å². The molecule has 1 heterocycles. The van der Waals surface area contributed by atoms with Crippen molar-refractivity contribution < 1.29 is 9.59 Å². The lowest BCUT2D eigenvalue weighted by Crippen LogP contribution is -2.58. The van der Waals surface area contributed by atoms with E-state index in [9.17, 15) is 9.59 Å². The fourth-order valence-electron chi connectivity index (χ4n) is 2.50. The number of piperazine rings is 1. The summed E-state index contributed by atoms with van der Waals surface area (Å²) in [6.07, 6.45) is 6.59. The van der Waals surface area contributed by atoms with E-state index >= 15 is 0 Å². The second-order valence-corrected chi connectivity index (χ2v) is 5.92. The predicted molar refractivity (Wildman–Crippen MR) is 76.7 cm³/mol. The van der Waals surface area contributed by atoms with E-state index in [2.05, 4.69) is 26.1 Å². The third-order valence-electron chi connectivity index (χ3n) is 3.52. The summed E-state index contributed by atoms with van der Waals surface area (Å²) in [5.41, 5.74) is 0. The van der Waals surface area contributed by atoms with Gasteiger partial charge < -0.3 is 10.2 Å². The van der Waals surface area contributed by atoms with Crippen molar-refractivity contribution in [2.75, 3.05) is 13.1 Å². The van der Waals surface area contributed by atoms with Gasteiger partial charge in [0.05, 0.1) is 6.54 Å². The molecule has 0 bridgehead atoms. The van der Waals surface area contributed by atoms with Gasteiger partial charge in [-0.3, -0.25) is 9.59 Å². The number of rotatable bonds is 8. The summed E-state index contributed by atoms with van der Waals surface area (Å²) in [7, 11) is 0. The Morgan fingerprint density at radius 3 is 2.53 bits per heavy atom. The molecule has 1 aliphatic rings. The monoisotopic (exact) mass is 268 g/mol. The first-order chi connectivity index (χ1) is 9.04. The van der Waals surface area contributed by atoms with Gasteiger partial charge in [-0.1, -0.05) is 46.5 Å². The minimum Gasteiger partial charge on any atom is -0.343 e. The topological polar surface area (TPSA) is 49.4 Å². The highest BCUT2D eigenvalue weighted by Gasteiger charge is 2.32. The number of unbranched alkanes of at least 4 members (excludes halogenated alkanes) is 4. The van der Waals surface area contributed by atoms with Crippen LogP contribution < -0.4 is 5.32 Å². The Morgan fingerprint density at radius 2 is 1.89 bits per heavy atom. The number of amides is 2. The van der Waals surface area contributed by atoms with Crippen LogP contribution in [0.1, 0.15) is 59.3 Å². The molecule has 2 amide bonds. The maximum Gasteiger partial charge on any atom is 0.245 e. The van der Waals surface area contributed by atoms with E-state index in [0.717, 1.165) is 25.8 Å². The van der Waals surface area contributed by atoms with E-state index in [-0.39, 0.29) is 24.4 Å². The second kappa shape index (κ2) is 8.18. The molecule has 1 fully saturated rings. The zero-order valence-corrected chi connectivity index (χ0v) is 12.6. The Labute approximate surface area is 116 Å². The van der Waals surface area contributed by atoms with Crippen LogP contribution in [0.3, 0.4) is 0 Å². The molecule has 0 spiro atoms. The minimum absolute atomic E-state index is 0.0150. The van der Waals surface area contributed by atoms with Gasteiger partial charge in [-0.15, -0.1) is 0 Å². The van der Waals surface area contributed by atoms with Gasteiger partial charge in [-0.2, -0.15) is 0 Å². The Kier molecular flexibility index (Phi) is 6.89. The van der Waals surface area contributed by atoms with Gasteiger partial charge in [0.2, 0.25) is 11.8 Å². The van der Waals surface area contributed by atoms with Gasteiger partial charge >= 0.3 is 0 Å². The van der Waals surface area contributed by atoms with Crippen LogP contribution in [-0.4, -0.2) is 35.8 Å².